The first-order valence-corrected chi connectivity index (χ1v) is 4.07. The number of imidazole rings is 1. The molecule has 0 bridgehead atoms. The van der Waals surface area contributed by atoms with E-state index in [-0.39, 0.29) is 6.61 Å². The molecule has 0 saturated heterocycles. The monoisotopic (exact) mass is 186 g/mol. The number of rotatable bonds is 3. The third kappa shape index (κ3) is 2.36. The van der Waals surface area contributed by atoms with E-state index < -0.39 is 0 Å². The van der Waals surface area contributed by atoms with Crippen LogP contribution in [0.25, 0.3) is 0 Å². The zero-order valence-electron chi connectivity index (χ0n) is 6.87. The number of aliphatic hydroxyl groups is 1. The largest absolute Gasteiger partial charge is 0.390 e. The molecule has 0 aliphatic rings. The predicted octanol–water partition coefficient (Wildman–Crippen LogP) is 1.52. The maximum Gasteiger partial charge on any atom is 0.0953 e. The fourth-order valence-electron chi connectivity index (χ4n) is 0.897. The van der Waals surface area contributed by atoms with E-state index >= 15 is 0 Å². The molecular formula is C8H11ClN2O. The van der Waals surface area contributed by atoms with Crippen molar-refractivity contribution < 1.29 is 5.11 Å². The standard InChI is InChI=1S/C8H11ClN2O/c1-7(2-9)3-11-4-8(5-12)10-6-11/h2,4,6,12H,3,5H2,1H3/b7-2+. The molecule has 1 aromatic heterocycles. The van der Waals surface area contributed by atoms with Crippen LogP contribution in [0.2, 0.25) is 0 Å². The van der Waals surface area contributed by atoms with Gasteiger partial charge in [0.25, 0.3) is 0 Å². The third-order valence-corrected chi connectivity index (χ3v) is 1.84. The van der Waals surface area contributed by atoms with Crippen molar-refractivity contribution in [3.05, 3.63) is 29.3 Å². The van der Waals surface area contributed by atoms with Crippen LogP contribution in [0.5, 0.6) is 0 Å². The molecule has 0 amide bonds. The van der Waals surface area contributed by atoms with Gasteiger partial charge < -0.3 is 9.67 Å². The van der Waals surface area contributed by atoms with Gasteiger partial charge in [-0.3, -0.25) is 0 Å². The lowest BCUT2D eigenvalue weighted by atomic mass is 10.3. The van der Waals surface area contributed by atoms with Crippen LogP contribution >= 0.6 is 11.6 Å². The van der Waals surface area contributed by atoms with E-state index in [4.69, 9.17) is 16.7 Å². The van der Waals surface area contributed by atoms with Crippen LogP contribution in [0, 0.1) is 0 Å². The smallest absolute Gasteiger partial charge is 0.0953 e. The molecule has 0 aromatic carbocycles. The summed E-state index contributed by atoms with van der Waals surface area (Å²) >= 11 is 5.50. The topological polar surface area (TPSA) is 38.0 Å². The van der Waals surface area contributed by atoms with Gasteiger partial charge in [-0.15, -0.1) is 0 Å². The molecular weight excluding hydrogens is 176 g/mol. The average Bonchev–Trinajstić information content (AvgIpc) is 2.52. The quantitative estimate of drug-likeness (QED) is 0.778. The van der Waals surface area contributed by atoms with Crippen molar-refractivity contribution in [2.45, 2.75) is 20.1 Å². The summed E-state index contributed by atoms with van der Waals surface area (Å²) in [4.78, 5) is 3.96. The van der Waals surface area contributed by atoms with Crippen molar-refractivity contribution in [2.24, 2.45) is 0 Å². The Kier molecular flexibility index (Phi) is 3.31. The second-order valence-electron chi connectivity index (χ2n) is 2.65. The molecule has 1 N–H and O–H groups in total. The summed E-state index contributed by atoms with van der Waals surface area (Å²) in [6.07, 6.45) is 3.47. The molecule has 0 unspecified atom stereocenters. The lowest BCUT2D eigenvalue weighted by Gasteiger charge is -1.99. The van der Waals surface area contributed by atoms with Crippen molar-refractivity contribution in [1.82, 2.24) is 9.55 Å². The molecule has 12 heavy (non-hydrogen) atoms. The van der Waals surface area contributed by atoms with E-state index in [0.29, 0.717) is 5.69 Å². The lowest BCUT2D eigenvalue weighted by molar-refractivity contribution is 0.277. The molecule has 0 radical (unpaired) electrons. The summed E-state index contributed by atoms with van der Waals surface area (Å²) in [6.45, 7) is 2.64. The van der Waals surface area contributed by atoms with Gasteiger partial charge in [0.05, 0.1) is 18.6 Å². The Hall–Kier alpha value is -0.800. The molecule has 0 atom stereocenters. The fourth-order valence-corrected chi connectivity index (χ4v) is 0.966. The minimum Gasteiger partial charge on any atom is -0.390 e. The Morgan fingerprint density at radius 2 is 2.58 bits per heavy atom. The van der Waals surface area contributed by atoms with Gasteiger partial charge in [-0.2, -0.15) is 0 Å². The average molecular weight is 187 g/mol. The molecule has 0 saturated carbocycles. The highest BCUT2D eigenvalue weighted by Gasteiger charge is 1.96. The SMILES string of the molecule is C/C(=C\Cl)Cn1cnc(CO)c1. The molecule has 66 valence electrons. The van der Waals surface area contributed by atoms with E-state index in [1.54, 1.807) is 18.1 Å². The lowest BCUT2D eigenvalue weighted by Crippen LogP contribution is -1.94. The van der Waals surface area contributed by atoms with E-state index in [1.165, 1.54) is 0 Å². The summed E-state index contributed by atoms with van der Waals surface area (Å²) < 4.78 is 1.87. The number of halogens is 1. The first kappa shape index (κ1) is 9.29. The summed E-state index contributed by atoms with van der Waals surface area (Å²) in [5.41, 5.74) is 3.27. The second kappa shape index (κ2) is 4.28. The predicted molar refractivity (Wildman–Crippen MR) is 47.8 cm³/mol. The molecule has 3 nitrogen and oxygen atoms in total. The Bertz CT molecular complexity index is 280. The first-order valence-electron chi connectivity index (χ1n) is 3.63. The summed E-state index contributed by atoms with van der Waals surface area (Å²) in [6, 6.07) is 0. The van der Waals surface area contributed by atoms with Crippen LogP contribution in [0.4, 0.5) is 0 Å². The Morgan fingerprint density at radius 1 is 1.83 bits per heavy atom. The number of aliphatic hydroxyl groups excluding tert-OH is 1. The van der Waals surface area contributed by atoms with Gasteiger partial charge in [0.2, 0.25) is 0 Å². The van der Waals surface area contributed by atoms with Crippen molar-refractivity contribution in [3.63, 3.8) is 0 Å². The van der Waals surface area contributed by atoms with Crippen molar-refractivity contribution in [2.75, 3.05) is 0 Å². The van der Waals surface area contributed by atoms with Gasteiger partial charge >= 0.3 is 0 Å². The van der Waals surface area contributed by atoms with Gasteiger partial charge in [-0.25, -0.2) is 4.98 Å². The second-order valence-corrected chi connectivity index (χ2v) is 2.87. The Balaban J connectivity index is 2.64. The van der Waals surface area contributed by atoms with Crippen LogP contribution in [-0.4, -0.2) is 14.7 Å². The van der Waals surface area contributed by atoms with E-state index in [9.17, 15) is 0 Å². The molecule has 1 heterocycles. The van der Waals surface area contributed by atoms with Crippen LogP contribution in [-0.2, 0) is 13.2 Å². The van der Waals surface area contributed by atoms with Gasteiger partial charge in [0.1, 0.15) is 0 Å². The van der Waals surface area contributed by atoms with E-state index in [2.05, 4.69) is 4.98 Å². The zero-order valence-corrected chi connectivity index (χ0v) is 7.62. The first-order chi connectivity index (χ1) is 5.76. The number of hydrogen-bond acceptors (Lipinski definition) is 2. The number of aromatic nitrogens is 2. The van der Waals surface area contributed by atoms with Crippen LogP contribution < -0.4 is 0 Å². The Morgan fingerprint density at radius 3 is 3.08 bits per heavy atom. The maximum atomic E-state index is 8.73. The zero-order chi connectivity index (χ0) is 8.97. The molecule has 0 fully saturated rings. The Labute approximate surface area is 76.3 Å². The summed E-state index contributed by atoms with van der Waals surface area (Å²) in [7, 11) is 0. The van der Waals surface area contributed by atoms with Crippen molar-refractivity contribution >= 4 is 11.6 Å². The number of nitrogens with zero attached hydrogens (tertiary/aromatic N) is 2. The minimum absolute atomic E-state index is 0.0172. The number of hydrogen-bond donors (Lipinski definition) is 1. The van der Waals surface area contributed by atoms with Crippen LogP contribution in [0.3, 0.4) is 0 Å². The molecule has 0 aliphatic carbocycles. The molecule has 4 heteroatoms. The van der Waals surface area contributed by atoms with Crippen molar-refractivity contribution in [1.29, 1.82) is 0 Å². The number of allylic oxidation sites excluding steroid dienone is 1. The molecule has 0 aliphatic heterocycles. The fraction of sp³-hybridized carbons (Fsp3) is 0.375. The van der Waals surface area contributed by atoms with Gasteiger partial charge in [-0.05, 0) is 12.5 Å². The van der Waals surface area contributed by atoms with Gasteiger partial charge in [0.15, 0.2) is 0 Å². The van der Waals surface area contributed by atoms with Gasteiger partial charge in [-0.1, -0.05) is 11.6 Å². The van der Waals surface area contributed by atoms with Crippen molar-refractivity contribution in [3.8, 4) is 0 Å². The van der Waals surface area contributed by atoms with Crippen LogP contribution in [0.15, 0.2) is 23.6 Å². The highest BCUT2D eigenvalue weighted by molar-refractivity contribution is 6.25. The highest BCUT2D eigenvalue weighted by atomic mass is 35.5. The normalized spacial score (nSPS) is 12.1. The van der Waals surface area contributed by atoms with E-state index in [1.807, 2.05) is 11.5 Å². The summed E-state index contributed by atoms with van der Waals surface area (Å²) in [5, 5.41) is 8.73. The van der Waals surface area contributed by atoms with E-state index in [0.717, 1.165) is 12.1 Å². The molecule has 1 rings (SSSR count). The highest BCUT2D eigenvalue weighted by Crippen LogP contribution is 2.02. The molecule has 0 spiro atoms. The summed E-state index contributed by atoms with van der Waals surface area (Å²) in [5.74, 6) is 0. The van der Waals surface area contributed by atoms with Gasteiger partial charge in [0, 0.05) is 18.3 Å². The maximum absolute atomic E-state index is 8.73. The third-order valence-electron chi connectivity index (χ3n) is 1.47. The minimum atomic E-state index is -0.0172. The van der Waals surface area contributed by atoms with Crippen LogP contribution in [0.1, 0.15) is 12.6 Å². The molecule has 1 aromatic rings.